The molecule has 2 fully saturated rings. The molecule has 2 unspecified atom stereocenters. The Kier molecular flexibility index (Phi) is 5.90. The van der Waals surface area contributed by atoms with Crippen molar-refractivity contribution < 1.29 is 18.9 Å². The molecule has 2 heterocycles. The summed E-state index contributed by atoms with van der Waals surface area (Å²) in [5.74, 6) is 3.15. The van der Waals surface area contributed by atoms with Crippen LogP contribution in [0.5, 0.6) is 11.5 Å². The smallest absolute Gasteiger partial charge is 0.220 e. The predicted octanol–water partition coefficient (Wildman–Crippen LogP) is 3.45. The Morgan fingerprint density at radius 1 is 1.09 bits per heavy atom. The van der Waals surface area contributed by atoms with Gasteiger partial charge < -0.3 is 18.9 Å². The normalized spacial score (nSPS) is 23.5. The molecule has 1 aromatic rings. The Morgan fingerprint density at radius 2 is 1.78 bits per heavy atom. The fourth-order valence-corrected chi connectivity index (χ4v) is 4.40. The number of rotatable bonds is 6. The molecule has 0 N–H and O–H groups in total. The standard InChI is InChI=1S/C15H16O4S4/c1-16-13-5-9(4-10-7-22-14(20)18-10)2-3-12(13)17-6-11-8-23-15(21)19-11/h2-3,5,10-11H,4,6-8H2,1H3. The zero-order valence-corrected chi connectivity index (χ0v) is 15.7. The summed E-state index contributed by atoms with van der Waals surface area (Å²) in [6.45, 7) is 0.458. The van der Waals surface area contributed by atoms with E-state index in [-0.39, 0.29) is 12.2 Å². The molecule has 23 heavy (non-hydrogen) atoms. The molecule has 2 aliphatic heterocycles. The summed E-state index contributed by atoms with van der Waals surface area (Å²) in [5, 5.41) is 0. The monoisotopic (exact) mass is 388 g/mol. The molecule has 0 radical (unpaired) electrons. The van der Waals surface area contributed by atoms with Crippen LogP contribution < -0.4 is 9.47 Å². The summed E-state index contributed by atoms with van der Waals surface area (Å²) >= 11 is 13.2. The van der Waals surface area contributed by atoms with Crippen molar-refractivity contribution in [2.75, 3.05) is 25.2 Å². The molecule has 0 aliphatic carbocycles. The van der Waals surface area contributed by atoms with Crippen molar-refractivity contribution in [1.29, 1.82) is 0 Å². The van der Waals surface area contributed by atoms with Gasteiger partial charge in [0.2, 0.25) is 8.77 Å². The van der Waals surface area contributed by atoms with E-state index in [1.807, 2.05) is 18.2 Å². The molecule has 0 aromatic heterocycles. The molecule has 0 amide bonds. The Labute approximate surface area is 154 Å². The Bertz CT molecular complexity index is 607. The highest BCUT2D eigenvalue weighted by Gasteiger charge is 2.24. The molecular formula is C15H16O4S4. The lowest BCUT2D eigenvalue weighted by Gasteiger charge is -2.15. The maximum Gasteiger partial charge on any atom is 0.220 e. The molecule has 2 aliphatic rings. The van der Waals surface area contributed by atoms with Crippen molar-refractivity contribution in [3.05, 3.63) is 23.8 Å². The minimum atomic E-state index is 0.00167. The van der Waals surface area contributed by atoms with Crippen LogP contribution in [0.3, 0.4) is 0 Å². The van der Waals surface area contributed by atoms with E-state index in [4.69, 9.17) is 43.4 Å². The third-order valence-corrected chi connectivity index (χ3v) is 6.06. The molecule has 1 aromatic carbocycles. The van der Waals surface area contributed by atoms with Crippen molar-refractivity contribution in [2.24, 2.45) is 0 Å². The molecule has 4 nitrogen and oxygen atoms in total. The molecule has 0 saturated carbocycles. The largest absolute Gasteiger partial charge is 0.493 e. The molecule has 2 atom stereocenters. The lowest BCUT2D eigenvalue weighted by molar-refractivity contribution is 0.148. The summed E-state index contributed by atoms with van der Waals surface area (Å²) in [5.41, 5.74) is 1.14. The number of ether oxygens (including phenoxy) is 4. The van der Waals surface area contributed by atoms with Crippen LogP contribution in [0.25, 0.3) is 0 Å². The van der Waals surface area contributed by atoms with Crippen LogP contribution in [0, 0.1) is 0 Å². The lowest BCUT2D eigenvalue weighted by Crippen LogP contribution is -2.20. The maximum absolute atomic E-state index is 5.82. The Morgan fingerprint density at radius 3 is 2.39 bits per heavy atom. The average Bonchev–Trinajstić information content (AvgIpc) is 3.14. The van der Waals surface area contributed by atoms with E-state index in [9.17, 15) is 0 Å². The van der Waals surface area contributed by atoms with E-state index in [2.05, 4.69) is 0 Å². The van der Waals surface area contributed by atoms with E-state index in [0.29, 0.717) is 26.9 Å². The van der Waals surface area contributed by atoms with Gasteiger partial charge in [-0.05, 0) is 42.1 Å². The van der Waals surface area contributed by atoms with Crippen molar-refractivity contribution >= 4 is 56.7 Å². The highest BCUT2D eigenvalue weighted by atomic mass is 32.2. The van der Waals surface area contributed by atoms with Crippen LogP contribution in [-0.4, -0.2) is 46.2 Å². The number of benzene rings is 1. The second-order valence-electron chi connectivity index (χ2n) is 5.10. The first kappa shape index (κ1) is 17.1. The van der Waals surface area contributed by atoms with Crippen molar-refractivity contribution in [1.82, 2.24) is 0 Å². The van der Waals surface area contributed by atoms with Crippen LogP contribution in [0.2, 0.25) is 0 Å². The van der Waals surface area contributed by atoms with E-state index in [1.165, 1.54) is 0 Å². The van der Waals surface area contributed by atoms with Crippen molar-refractivity contribution in [3.8, 4) is 11.5 Å². The fraction of sp³-hybridized carbons (Fsp3) is 0.467. The van der Waals surface area contributed by atoms with Crippen LogP contribution >= 0.6 is 48.0 Å². The summed E-state index contributed by atoms with van der Waals surface area (Å²) in [6, 6.07) is 5.94. The number of thioether (sulfide) groups is 2. The second kappa shape index (κ2) is 7.92. The van der Waals surface area contributed by atoms with E-state index < -0.39 is 0 Å². The Hall–Kier alpha value is -0.700. The van der Waals surface area contributed by atoms with E-state index in [0.717, 1.165) is 23.5 Å². The summed E-state index contributed by atoms with van der Waals surface area (Å²) in [6.07, 6.45) is 0.941. The number of methoxy groups -OCH3 is 1. The van der Waals surface area contributed by atoms with Crippen LogP contribution in [0.1, 0.15) is 5.56 Å². The van der Waals surface area contributed by atoms with Gasteiger partial charge in [0.15, 0.2) is 11.5 Å². The SMILES string of the molecule is COc1cc(CC2CSC(=S)O2)ccc1OCC1CSC(=S)O1. The third kappa shape index (κ3) is 4.65. The number of hydrogen-bond acceptors (Lipinski definition) is 8. The zero-order chi connectivity index (χ0) is 16.2. The fourth-order valence-electron chi connectivity index (χ4n) is 2.32. The third-order valence-electron chi connectivity index (χ3n) is 3.42. The summed E-state index contributed by atoms with van der Waals surface area (Å²) < 4.78 is 23.5. The molecule has 8 heteroatoms. The highest BCUT2D eigenvalue weighted by Crippen LogP contribution is 2.31. The first-order valence-electron chi connectivity index (χ1n) is 7.10. The van der Waals surface area contributed by atoms with Gasteiger partial charge in [0, 0.05) is 17.9 Å². The summed E-state index contributed by atoms with van der Waals surface area (Å²) in [7, 11) is 1.64. The maximum atomic E-state index is 5.82. The highest BCUT2D eigenvalue weighted by molar-refractivity contribution is 8.23. The summed E-state index contributed by atoms with van der Waals surface area (Å²) in [4.78, 5) is 0. The van der Waals surface area contributed by atoms with E-state index >= 15 is 0 Å². The number of hydrogen-bond donors (Lipinski definition) is 0. The average molecular weight is 389 g/mol. The van der Waals surface area contributed by atoms with Crippen LogP contribution in [0.4, 0.5) is 0 Å². The number of thiocarbonyl (C=S) groups is 2. The van der Waals surface area contributed by atoms with Gasteiger partial charge in [-0.25, -0.2) is 0 Å². The first-order valence-corrected chi connectivity index (χ1v) is 9.89. The van der Waals surface area contributed by atoms with Gasteiger partial charge in [-0.2, -0.15) is 0 Å². The molecule has 2 saturated heterocycles. The minimum absolute atomic E-state index is 0.00167. The first-order chi connectivity index (χ1) is 11.1. The zero-order valence-electron chi connectivity index (χ0n) is 12.5. The van der Waals surface area contributed by atoms with Gasteiger partial charge in [-0.15, -0.1) is 0 Å². The second-order valence-corrected chi connectivity index (χ2v) is 8.35. The van der Waals surface area contributed by atoms with Gasteiger partial charge in [0.1, 0.15) is 18.8 Å². The molecule has 124 valence electrons. The topological polar surface area (TPSA) is 36.9 Å². The van der Waals surface area contributed by atoms with Gasteiger partial charge in [-0.3, -0.25) is 0 Å². The molecule has 0 spiro atoms. The van der Waals surface area contributed by atoms with Gasteiger partial charge >= 0.3 is 0 Å². The van der Waals surface area contributed by atoms with Crippen LogP contribution in [-0.2, 0) is 15.9 Å². The molecule has 0 bridgehead atoms. The quantitative estimate of drug-likeness (QED) is 0.686. The van der Waals surface area contributed by atoms with Gasteiger partial charge in [0.25, 0.3) is 0 Å². The molecule has 3 rings (SSSR count). The van der Waals surface area contributed by atoms with Gasteiger partial charge in [-0.1, -0.05) is 29.6 Å². The lowest BCUT2D eigenvalue weighted by atomic mass is 10.1. The van der Waals surface area contributed by atoms with Crippen molar-refractivity contribution in [2.45, 2.75) is 18.6 Å². The minimum Gasteiger partial charge on any atom is -0.493 e. The van der Waals surface area contributed by atoms with Crippen molar-refractivity contribution in [3.63, 3.8) is 0 Å². The van der Waals surface area contributed by atoms with E-state index in [1.54, 1.807) is 30.6 Å². The Balaban J connectivity index is 1.60. The molecular weight excluding hydrogens is 372 g/mol. The predicted molar refractivity (Wildman–Crippen MR) is 102 cm³/mol. The van der Waals surface area contributed by atoms with Crippen LogP contribution in [0.15, 0.2) is 18.2 Å². The van der Waals surface area contributed by atoms with Gasteiger partial charge in [0.05, 0.1) is 7.11 Å².